The molecule has 3 rings (SSSR count). The lowest BCUT2D eigenvalue weighted by Crippen LogP contribution is -2.03. The van der Waals surface area contributed by atoms with Crippen LogP contribution in [-0.2, 0) is 11.8 Å². The number of esters is 1. The Morgan fingerprint density at radius 3 is 2.86 bits per heavy atom. The standard InChI is InChI=1S/C15H12ClN3O2/c1-9(20)21-13-7-10(16)3-4-11(13)14-12-5-6-19(2)15(12)18-8-17-14/h3-8H,1-2H3. The molecule has 0 amide bonds. The van der Waals surface area contributed by atoms with E-state index in [9.17, 15) is 4.79 Å². The summed E-state index contributed by atoms with van der Waals surface area (Å²) in [4.78, 5) is 19.9. The number of aryl methyl sites for hydroxylation is 1. The number of nitrogens with zero attached hydrogens (tertiary/aromatic N) is 3. The zero-order chi connectivity index (χ0) is 15.0. The van der Waals surface area contributed by atoms with Crippen LogP contribution in [0, 0.1) is 0 Å². The van der Waals surface area contributed by atoms with Gasteiger partial charge < -0.3 is 9.30 Å². The molecule has 21 heavy (non-hydrogen) atoms. The Bertz CT molecular complexity index is 842. The number of fused-ring (bicyclic) bond motifs is 1. The molecule has 106 valence electrons. The second kappa shape index (κ2) is 5.18. The summed E-state index contributed by atoms with van der Waals surface area (Å²) >= 11 is 5.98. The highest BCUT2D eigenvalue weighted by molar-refractivity contribution is 6.30. The molecule has 5 nitrogen and oxygen atoms in total. The maximum Gasteiger partial charge on any atom is 0.308 e. The van der Waals surface area contributed by atoms with Crippen LogP contribution in [0.1, 0.15) is 6.92 Å². The Hall–Kier alpha value is -2.40. The highest BCUT2D eigenvalue weighted by Crippen LogP contribution is 2.35. The van der Waals surface area contributed by atoms with Crippen molar-refractivity contribution in [1.82, 2.24) is 14.5 Å². The van der Waals surface area contributed by atoms with Gasteiger partial charge in [0.25, 0.3) is 0 Å². The van der Waals surface area contributed by atoms with Crippen LogP contribution in [0.25, 0.3) is 22.3 Å². The first kappa shape index (κ1) is 13.6. The third kappa shape index (κ3) is 2.48. The van der Waals surface area contributed by atoms with Crippen molar-refractivity contribution in [2.24, 2.45) is 7.05 Å². The number of hydrogen-bond acceptors (Lipinski definition) is 4. The highest BCUT2D eigenvalue weighted by Gasteiger charge is 2.15. The molecule has 0 bridgehead atoms. The maximum absolute atomic E-state index is 11.3. The van der Waals surface area contributed by atoms with Crippen molar-refractivity contribution in [2.75, 3.05) is 0 Å². The molecule has 0 unspecified atom stereocenters. The summed E-state index contributed by atoms with van der Waals surface area (Å²) in [6.45, 7) is 1.35. The molecular formula is C15H12ClN3O2. The van der Waals surface area contributed by atoms with Gasteiger partial charge in [0.15, 0.2) is 0 Å². The Labute approximate surface area is 126 Å². The number of halogens is 1. The molecule has 0 atom stereocenters. The predicted octanol–water partition coefficient (Wildman–Crippen LogP) is 3.21. The van der Waals surface area contributed by atoms with Crippen LogP contribution in [-0.4, -0.2) is 20.5 Å². The zero-order valence-electron chi connectivity index (χ0n) is 11.5. The number of carbonyl (C=O) groups excluding carboxylic acids is 1. The molecular weight excluding hydrogens is 290 g/mol. The fourth-order valence-electron chi connectivity index (χ4n) is 2.22. The lowest BCUT2D eigenvalue weighted by Gasteiger charge is -2.10. The van der Waals surface area contributed by atoms with E-state index in [0.717, 1.165) is 11.0 Å². The Balaban J connectivity index is 2.25. The average Bonchev–Trinajstić information content (AvgIpc) is 2.81. The van der Waals surface area contributed by atoms with Crippen molar-refractivity contribution in [3.8, 4) is 17.0 Å². The molecule has 0 fully saturated rings. The molecule has 0 saturated heterocycles. The first-order valence-electron chi connectivity index (χ1n) is 6.30. The van der Waals surface area contributed by atoms with E-state index >= 15 is 0 Å². The van der Waals surface area contributed by atoms with Gasteiger partial charge >= 0.3 is 5.97 Å². The normalized spacial score (nSPS) is 10.8. The Morgan fingerprint density at radius 2 is 2.10 bits per heavy atom. The van der Waals surface area contributed by atoms with E-state index in [1.54, 1.807) is 18.2 Å². The van der Waals surface area contributed by atoms with Crippen LogP contribution in [0.4, 0.5) is 0 Å². The molecule has 0 N–H and O–H groups in total. The van der Waals surface area contributed by atoms with Crippen LogP contribution in [0.15, 0.2) is 36.8 Å². The fraction of sp³-hybridized carbons (Fsp3) is 0.133. The van der Waals surface area contributed by atoms with Gasteiger partial charge in [0, 0.05) is 42.2 Å². The maximum atomic E-state index is 11.3. The van der Waals surface area contributed by atoms with Gasteiger partial charge in [-0.1, -0.05) is 11.6 Å². The minimum absolute atomic E-state index is 0.388. The lowest BCUT2D eigenvalue weighted by atomic mass is 10.1. The van der Waals surface area contributed by atoms with E-state index in [4.69, 9.17) is 16.3 Å². The van der Waals surface area contributed by atoms with Gasteiger partial charge in [-0.15, -0.1) is 0 Å². The zero-order valence-corrected chi connectivity index (χ0v) is 12.3. The van der Waals surface area contributed by atoms with E-state index in [1.165, 1.54) is 13.3 Å². The second-order valence-corrected chi connectivity index (χ2v) is 5.06. The second-order valence-electron chi connectivity index (χ2n) is 4.62. The quantitative estimate of drug-likeness (QED) is 0.539. The Morgan fingerprint density at radius 1 is 1.29 bits per heavy atom. The van der Waals surface area contributed by atoms with E-state index in [-0.39, 0.29) is 0 Å². The molecule has 3 aromatic rings. The van der Waals surface area contributed by atoms with Gasteiger partial charge in [0.2, 0.25) is 0 Å². The van der Waals surface area contributed by atoms with E-state index in [0.29, 0.717) is 22.0 Å². The van der Waals surface area contributed by atoms with Gasteiger partial charge in [-0.2, -0.15) is 0 Å². The molecule has 2 aromatic heterocycles. The van der Waals surface area contributed by atoms with E-state index in [2.05, 4.69) is 9.97 Å². The van der Waals surface area contributed by atoms with Crippen LogP contribution in [0.2, 0.25) is 5.02 Å². The monoisotopic (exact) mass is 301 g/mol. The van der Waals surface area contributed by atoms with Crippen molar-refractivity contribution < 1.29 is 9.53 Å². The third-order valence-electron chi connectivity index (χ3n) is 3.11. The van der Waals surface area contributed by atoms with Crippen LogP contribution < -0.4 is 4.74 Å². The fourth-order valence-corrected chi connectivity index (χ4v) is 2.39. The van der Waals surface area contributed by atoms with E-state index < -0.39 is 5.97 Å². The molecule has 0 aliphatic carbocycles. The van der Waals surface area contributed by atoms with Gasteiger partial charge in [-0.25, -0.2) is 9.97 Å². The van der Waals surface area contributed by atoms with Crippen molar-refractivity contribution in [3.05, 3.63) is 41.8 Å². The predicted molar refractivity (Wildman–Crippen MR) is 80.3 cm³/mol. The lowest BCUT2D eigenvalue weighted by molar-refractivity contribution is -0.131. The smallest absolute Gasteiger partial charge is 0.308 e. The number of rotatable bonds is 2. The highest BCUT2D eigenvalue weighted by atomic mass is 35.5. The minimum Gasteiger partial charge on any atom is -0.426 e. The average molecular weight is 302 g/mol. The molecule has 0 spiro atoms. The topological polar surface area (TPSA) is 57.0 Å². The SMILES string of the molecule is CC(=O)Oc1cc(Cl)ccc1-c1ncnc2c1ccn2C. The van der Waals surface area contributed by atoms with Gasteiger partial charge in [0.1, 0.15) is 17.7 Å². The molecule has 2 heterocycles. The first-order valence-corrected chi connectivity index (χ1v) is 6.68. The molecule has 1 aromatic carbocycles. The Kier molecular flexibility index (Phi) is 3.35. The van der Waals surface area contributed by atoms with Crippen molar-refractivity contribution in [2.45, 2.75) is 6.92 Å². The molecule has 0 saturated carbocycles. The number of hydrogen-bond donors (Lipinski definition) is 0. The van der Waals surface area contributed by atoms with Gasteiger partial charge in [-0.05, 0) is 18.2 Å². The van der Waals surface area contributed by atoms with Crippen molar-refractivity contribution in [1.29, 1.82) is 0 Å². The largest absolute Gasteiger partial charge is 0.426 e. The molecule has 6 heteroatoms. The molecule has 0 aliphatic heterocycles. The summed E-state index contributed by atoms with van der Waals surface area (Å²) in [6.07, 6.45) is 3.40. The summed E-state index contributed by atoms with van der Waals surface area (Å²) in [7, 11) is 1.91. The summed E-state index contributed by atoms with van der Waals surface area (Å²) in [6, 6.07) is 7.06. The third-order valence-corrected chi connectivity index (χ3v) is 3.35. The van der Waals surface area contributed by atoms with Crippen LogP contribution >= 0.6 is 11.6 Å². The van der Waals surface area contributed by atoms with Crippen molar-refractivity contribution >= 4 is 28.6 Å². The summed E-state index contributed by atoms with van der Waals surface area (Å²) in [5.74, 6) is -0.0178. The number of carbonyl (C=O) groups is 1. The molecule has 0 radical (unpaired) electrons. The first-order chi connectivity index (χ1) is 10.1. The summed E-state index contributed by atoms with van der Waals surface area (Å²) in [5, 5.41) is 1.38. The molecule has 0 aliphatic rings. The van der Waals surface area contributed by atoms with Crippen LogP contribution in [0.5, 0.6) is 5.75 Å². The van der Waals surface area contributed by atoms with Gasteiger partial charge in [0.05, 0.1) is 5.69 Å². The number of ether oxygens (including phenoxy) is 1. The summed E-state index contributed by atoms with van der Waals surface area (Å²) < 4.78 is 7.15. The minimum atomic E-state index is -0.406. The van der Waals surface area contributed by atoms with Crippen LogP contribution in [0.3, 0.4) is 0 Å². The van der Waals surface area contributed by atoms with E-state index in [1.807, 2.05) is 23.9 Å². The number of aromatic nitrogens is 3. The number of benzene rings is 1. The summed E-state index contributed by atoms with van der Waals surface area (Å²) in [5.41, 5.74) is 2.21. The van der Waals surface area contributed by atoms with Gasteiger partial charge in [-0.3, -0.25) is 4.79 Å². The van der Waals surface area contributed by atoms with Crippen molar-refractivity contribution in [3.63, 3.8) is 0 Å².